The smallest absolute Gasteiger partial charge is 0.328 e. The molecular weight excluding hydrogens is 214 g/mol. The Balaban J connectivity index is 2.11. The van der Waals surface area contributed by atoms with Gasteiger partial charge in [0.15, 0.2) is 0 Å². The van der Waals surface area contributed by atoms with Crippen molar-refractivity contribution in [3.05, 3.63) is 41.5 Å². The minimum Gasteiger partial charge on any atom is -0.478 e. The number of rotatable bonds is 5. The molecule has 3 heteroatoms. The first-order valence-electron chi connectivity index (χ1n) is 5.86. The second-order valence-corrected chi connectivity index (χ2v) is 4.52. The first-order chi connectivity index (χ1) is 8.16. The Labute approximate surface area is 101 Å². The number of benzene rings is 1. The molecular formula is C14H17NO2. The normalized spacial score (nSPS) is 15.6. The van der Waals surface area contributed by atoms with Crippen molar-refractivity contribution in [3.8, 4) is 0 Å². The molecule has 90 valence electrons. The van der Waals surface area contributed by atoms with Crippen LogP contribution in [0.15, 0.2) is 30.3 Å². The van der Waals surface area contributed by atoms with Crippen molar-refractivity contribution in [2.24, 2.45) is 0 Å². The van der Waals surface area contributed by atoms with E-state index < -0.39 is 5.97 Å². The second kappa shape index (κ2) is 5.15. The van der Waals surface area contributed by atoms with Gasteiger partial charge in [-0.05, 0) is 37.1 Å². The monoisotopic (exact) mass is 231 g/mol. The van der Waals surface area contributed by atoms with Gasteiger partial charge in [0.25, 0.3) is 0 Å². The van der Waals surface area contributed by atoms with E-state index in [4.69, 9.17) is 5.11 Å². The highest BCUT2D eigenvalue weighted by atomic mass is 16.4. The molecule has 0 bridgehead atoms. The maximum absolute atomic E-state index is 10.5. The van der Waals surface area contributed by atoms with Gasteiger partial charge in [-0.2, -0.15) is 0 Å². The van der Waals surface area contributed by atoms with Gasteiger partial charge < -0.3 is 5.11 Å². The van der Waals surface area contributed by atoms with Crippen LogP contribution in [0.4, 0.5) is 0 Å². The summed E-state index contributed by atoms with van der Waals surface area (Å²) in [5, 5.41) is 8.65. The maximum atomic E-state index is 10.5. The van der Waals surface area contributed by atoms with Crippen LogP contribution >= 0.6 is 0 Å². The van der Waals surface area contributed by atoms with E-state index in [1.807, 2.05) is 18.2 Å². The van der Waals surface area contributed by atoms with Crippen LogP contribution in [0.1, 0.15) is 24.0 Å². The molecule has 2 rings (SSSR count). The molecule has 1 aliphatic carbocycles. The Bertz CT molecular complexity index is 436. The standard InChI is InChI=1S/C14H17NO2/c1-15(13-7-8-13)10-12-5-3-2-4-11(12)6-9-14(16)17/h2-6,9,13H,7-8,10H2,1H3,(H,16,17)/b9-6+. The number of carbonyl (C=O) groups is 1. The molecule has 1 aromatic rings. The van der Waals surface area contributed by atoms with E-state index in [0.29, 0.717) is 6.04 Å². The molecule has 1 aliphatic rings. The van der Waals surface area contributed by atoms with E-state index in [2.05, 4.69) is 18.0 Å². The molecule has 1 saturated carbocycles. The van der Waals surface area contributed by atoms with Crippen LogP contribution in [-0.2, 0) is 11.3 Å². The minimum absolute atomic E-state index is 0.714. The van der Waals surface area contributed by atoms with Gasteiger partial charge >= 0.3 is 5.97 Å². The van der Waals surface area contributed by atoms with Crippen molar-refractivity contribution in [3.63, 3.8) is 0 Å². The molecule has 0 unspecified atom stereocenters. The zero-order valence-electron chi connectivity index (χ0n) is 9.97. The van der Waals surface area contributed by atoms with Gasteiger partial charge in [0.1, 0.15) is 0 Å². The van der Waals surface area contributed by atoms with E-state index in [9.17, 15) is 4.79 Å². The third-order valence-electron chi connectivity index (χ3n) is 3.05. The Morgan fingerprint density at radius 3 is 2.82 bits per heavy atom. The predicted molar refractivity (Wildman–Crippen MR) is 67.6 cm³/mol. The maximum Gasteiger partial charge on any atom is 0.328 e. The fourth-order valence-electron chi connectivity index (χ4n) is 1.91. The molecule has 0 amide bonds. The van der Waals surface area contributed by atoms with E-state index in [1.54, 1.807) is 6.08 Å². The zero-order chi connectivity index (χ0) is 12.3. The molecule has 0 atom stereocenters. The first-order valence-corrected chi connectivity index (χ1v) is 5.86. The quantitative estimate of drug-likeness (QED) is 0.791. The number of hydrogen-bond acceptors (Lipinski definition) is 2. The van der Waals surface area contributed by atoms with Crippen molar-refractivity contribution in [2.75, 3.05) is 7.05 Å². The summed E-state index contributed by atoms with van der Waals surface area (Å²) in [7, 11) is 2.12. The van der Waals surface area contributed by atoms with E-state index in [-0.39, 0.29) is 0 Å². The molecule has 0 radical (unpaired) electrons. The van der Waals surface area contributed by atoms with Gasteiger partial charge in [0.2, 0.25) is 0 Å². The summed E-state index contributed by atoms with van der Waals surface area (Å²) >= 11 is 0. The van der Waals surface area contributed by atoms with Crippen molar-refractivity contribution in [1.82, 2.24) is 4.90 Å². The van der Waals surface area contributed by atoms with Crippen molar-refractivity contribution in [1.29, 1.82) is 0 Å². The minimum atomic E-state index is -0.907. The van der Waals surface area contributed by atoms with Gasteiger partial charge in [-0.1, -0.05) is 24.3 Å². The third kappa shape index (κ3) is 3.43. The summed E-state index contributed by atoms with van der Waals surface area (Å²) in [4.78, 5) is 12.9. The average Bonchev–Trinajstić information content (AvgIpc) is 3.11. The Morgan fingerprint density at radius 2 is 2.18 bits per heavy atom. The lowest BCUT2D eigenvalue weighted by molar-refractivity contribution is -0.131. The molecule has 1 fully saturated rings. The molecule has 0 saturated heterocycles. The van der Waals surface area contributed by atoms with Crippen LogP contribution in [-0.4, -0.2) is 29.1 Å². The lowest BCUT2D eigenvalue weighted by atomic mass is 10.1. The van der Waals surface area contributed by atoms with Crippen LogP contribution in [0.25, 0.3) is 6.08 Å². The summed E-state index contributed by atoms with van der Waals surface area (Å²) in [6, 6.07) is 8.65. The molecule has 1 aromatic carbocycles. The Morgan fingerprint density at radius 1 is 1.47 bits per heavy atom. The third-order valence-corrected chi connectivity index (χ3v) is 3.05. The topological polar surface area (TPSA) is 40.5 Å². The summed E-state index contributed by atoms with van der Waals surface area (Å²) in [5.74, 6) is -0.907. The van der Waals surface area contributed by atoms with E-state index in [0.717, 1.165) is 12.1 Å². The van der Waals surface area contributed by atoms with E-state index >= 15 is 0 Å². The molecule has 0 heterocycles. The first kappa shape index (κ1) is 11.9. The number of carboxylic acid groups (broad SMARTS) is 1. The molecule has 17 heavy (non-hydrogen) atoms. The number of hydrogen-bond donors (Lipinski definition) is 1. The van der Waals surface area contributed by atoms with Crippen molar-refractivity contribution >= 4 is 12.0 Å². The zero-order valence-corrected chi connectivity index (χ0v) is 9.97. The number of carboxylic acids is 1. The number of aliphatic carboxylic acids is 1. The summed E-state index contributed by atoms with van der Waals surface area (Å²) in [6.45, 7) is 0.880. The van der Waals surface area contributed by atoms with Gasteiger partial charge in [0.05, 0.1) is 0 Å². The fourth-order valence-corrected chi connectivity index (χ4v) is 1.91. The molecule has 0 spiro atoms. The van der Waals surface area contributed by atoms with Gasteiger partial charge in [0, 0.05) is 18.7 Å². The summed E-state index contributed by atoms with van der Waals surface area (Å²) < 4.78 is 0. The average molecular weight is 231 g/mol. The Kier molecular flexibility index (Phi) is 3.59. The van der Waals surface area contributed by atoms with Gasteiger partial charge in [-0.25, -0.2) is 4.79 Å². The lowest BCUT2D eigenvalue weighted by Gasteiger charge is -2.17. The lowest BCUT2D eigenvalue weighted by Crippen LogP contribution is -2.20. The molecule has 0 aliphatic heterocycles. The molecule has 0 aromatic heterocycles. The number of nitrogens with zero attached hydrogens (tertiary/aromatic N) is 1. The highest BCUT2D eigenvalue weighted by Crippen LogP contribution is 2.27. The van der Waals surface area contributed by atoms with Crippen LogP contribution in [0.2, 0.25) is 0 Å². The second-order valence-electron chi connectivity index (χ2n) is 4.52. The van der Waals surface area contributed by atoms with Crippen LogP contribution < -0.4 is 0 Å². The van der Waals surface area contributed by atoms with Crippen LogP contribution in [0, 0.1) is 0 Å². The predicted octanol–water partition coefficient (Wildman–Crippen LogP) is 2.38. The van der Waals surface area contributed by atoms with Gasteiger partial charge in [-0.15, -0.1) is 0 Å². The van der Waals surface area contributed by atoms with Crippen molar-refractivity contribution in [2.45, 2.75) is 25.4 Å². The largest absolute Gasteiger partial charge is 0.478 e. The van der Waals surface area contributed by atoms with Crippen LogP contribution in [0.5, 0.6) is 0 Å². The van der Waals surface area contributed by atoms with Crippen molar-refractivity contribution < 1.29 is 9.90 Å². The fraction of sp³-hybridized carbons (Fsp3) is 0.357. The highest BCUT2D eigenvalue weighted by Gasteiger charge is 2.26. The SMILES string of the molecule is CN(Cc1ccccc1/C=C/C(=O)O)C1CC1. The highest BCUT2D eigenvalue weighted by molar-refractivity contribution is 5.85. The van der Waals surface area contributed by atoms with E-state index in [1.165, 1.54) is 24.5 Å². The van der Waals surface area contributed by atoms with Crippen LogP contribution in [0.3, 0.4) is 0 Å². The Hall–Kier alpha value is -1.61. The molecule has 1 N–H and O–H groups in total. The molecule has 3 nitrogen and oxygen atoms in total. The summed E-state index contributed by atoms with van der Waals surface area (Å²) in [6.07, 6.45) is 5.42. The van der Waals surface area contributed by atoms with Gasteiger partial charge in [-0.3, -0.25) is 4.90 Å². The summed E-state index contributed by atoms with van der Waals surface area (Å²) in [5.41, 5.74) is 2.17.